The van der Waals surface area contributed by atoms with Gasteiger partial charge in [-0.1, -0.05) is 25.3 Å². The van der Waals surface area contributed by atoms with Gasteiger partial charge in [0.25, 0.3) is 11.8 Å². The lowest BCUT2D eigenvalue weighted by Crippen LogP contribution is -2.54. The van der Waals surface area contributed by atoms with E-state index < -0.39 is 35.8 Å². The second-order valence-corrected chi connectivity index (χ2v) is 9.05. The standard InChI is InChI=1S/C24H29FN4O5/c25-15-13-17(15)27-19(30)9-4-2-1-3-5-12-26-16-8-6-7-14-21(16)24(34)29(23(14)33)18-10-11-20(31)28-22(18)32/h6-8,15,17-18,26H,1-5,9-13H2,(H,27,30)(H,28,31,32)/t15-,17+,18?/m0/s1. The highest BCUT2D eigenvalue weighted by Crippen LogP contribution is 2.32. The molecule has 1 unspecified atom stereocenters. The maximum absolute atomic E-state index is 13.1. The zero-order chi connectivity index (χ0) is 24.2. The molecule has 9 nitrogen and oxygen atoms in total. The summed E-state index contributed by atoms with van der Waals surface area (Å²) in [6.07, 6.45) is 4.58. The minimum absolute atomic E-state index is 0.0815. The molecule has 1 aromatic rings. The molecule has 10 heteroatoms. The summed E-state index contributed by atoms with van der Waals surface area (Å²) in [5, 5.41) is 8.09. The molecule has 2 heterocycles. The summed E-state index contributed by atoms with van der Waals surface area (Å²) in [5.41, 5.74) is 1.06. The fourth-order valence-corrected chi connectivity index (χ4v) is 4.42. The van der Waals surface area contributed by atoms with E-state index >= 15 is 0 Å². The first-order valence-electron chi connectivity index (χ1n) is 11.9. The number of hydrogen-bond acceptors (Lipinski definition) is 6. The zero-order valence-corrected chi connectivity index (χ0v) is 18.9. The molecule has 3 atom stereocenters. The van der Waals surface area contributed by atoms with Crippen molar-refractivity contribution in [2.24, 2.45) is 0 Å². The van der Waals surface area contributed by atoms with E-state index in [1.807, 2.05) is 0 Å². The van der Waals surface area contributed by atoms with E-state index in [-0.39, 0.29) is 35.9 Å². The highest BCUT2D eigenvalue weighted by atomic mass is 19.1. The lowest BCUT2D eigenvalue weighted by Gasteiger charge is -2.27. The van der Waals surface area contributed by atoms with Crippen LogP contribution in [0.4, 0.5) is 10.1 Å². The Morgan fingerprint density at radius 2 is 1.79 bits per heavy atom. The molecule has 1 aromatic carbocycles. The molecular formula is C24H29FN4O5. The molecule has 3 N–H and O–H groups in total. The second-order valence-electron chi connectivity index (χ2n) is 9.05. The Morgan fingerprint density at radius 3 is 2.53 bits per heavy atom. The average molecular weight is 473 g/mol. The molecule has 5 amide bonds. The van der Waals surface area contributed by atoms with Crippen LogP contribution in [-0.2, 0) is 14.4 Å². The summed E-state index contributed by atoms with van der Waals surface area (Å²) in [5.74, 6) is -2.17. The van der Waals surface area contributed by atoms with Crippen LogP contribution in [0.5, 0.6) is 0 Å². The number of benzene rings is 1. The monoisotopic (exact) mass is 472 g/mol. The third-order valence-corrected chi connectivity index (χ3v) is 6.42. The van der Waals surface area contributed by atoms with E-state index in [1.54, 1.807) is 18.2 Å². The van der Waals surface area contributed by atoms with Gasteiger partial charge in [-0.2, -0.15) is 0 Å². The number of anilines is 1. The fourth-order valence-electron chi connectivity index (χ4n) is 4.42. The summed E-state index contributed by atoms with van der Waals surface area (Å²) >= 11 is 0. The molecule has 3 aliphatic rings. The molecule has 0 radical (unpaired) electrons. The van der Waals surface area contributed by atoms with Crippen molar-refractivity contribution in [3.63, 3.8) is 0 Å². The van der Waals surface area contributed by atoms with Crippen LogP contribution >= 0.6 is 0 Å². The van der Waals surface area contributed by atoms with Gasteiger partial charge in [-0.25, -0.2) is 4.39 Å². The number of fused-ring (bicyclic) bond motifs is 1. The third kappa shape index (κ3) is 5.26. The van der Waals surface area contributed by atoms with Crippen LogP contribution < -0.4 is 16.0 Å². The van der Waals surface area contributed by atoms with Crippen molar-refractivity contribution < 1.29 is 28.4 Å². The van der Waals surface area contributed by atoms with Crippen LogP contribution in [0.1, 0.15) is 78.5 Å². The van der Waals surface area contributed by atoms with Gasteiger partial charge in [0.05, 0.1) is 17.2 Å². The quantitative estimate of drug-likeness (QED) is 0.335. The number of halogens is 1. The highest BCUT2D eigenvalue weighted by Gasteiger charge is 2.45. The molecule has 34 heavy (non-hydrogen) atoms. The number of carbonyl (C=O) groups is 5. The SMILES string of the molecule is O=C1CCC(N2C(=O)c3cccc(NCCCCCCCC(=O)N[C@@H]4C[C@@H]4F)c3C2=O)C(=O)N1. The number of nitrogens with zero attached hydrogens (tertiary/aromatic N) is 1. The van der Waals surface area contributed by atoms with Gasteiger partial charge in [0.2, 0.25) is 17.7 Å². The predicted octanol–water partition coefficient (Wildman–Crippen LogP) is 2.07. The number of rotatable bonds is 11. The lowest BCUT2D eigenvalue weighted by atomic mass is 10.0. The van der Waals surface area contributed by atoms with Crippen molar-refractivity contribution in [2.45, 2.75) is 76.0 Å². The molecule has 2 aliphatic heterocycles. The normalized spacial score (nSPS) is 23.6. The number of amides is 5. The highest BCUT2D eigenvalue weighted by molar-refractivity contribution is 6.25. The van der Waals surface area contributed by atoms with Crippen molar-refractivity contribution >= 4 is 35.2 Å². The molecule has 4 rings (SSSR count). The van der Waals surface area contributed by atoms with E-state index in [9.17, 15) is 28.4 Å². The maximum Gasteiger partial charge on any atom is 0.264 e. The molecule has 1 aliphatic carbocycles. The molecule has 0 aromatic heterocycles. The average Bonchev–Trinajstić information content (AvgIpc) is 3.43. The Hall–Kier alpha value is -3.30. The molecule has 1 saturated carbocycles. The van der Waals surface area contributed by atoms with E-state index in [1.165, 1.54) is 0 Å². The van der Waals surface area contributed by atoms with Crippen molar-refractivity contribution in [1.82, 2.24) is 15.5 Å². The van der Waals surface area contributed by atoms with Crippen LogP contribution in [0, 0.1) is 0 Å². The van der Waals surface area contributed by atoms with Crippen molar-refractivity contribution in [3.05, 3.63) is 29.3 Å². The van der Waals surface area contributed by atoms with Crippen molar-refractivity contribution in [3.8, 4) is 0 Å². The Bertz CT molecular complexity index is 1010. The number of unbranched alkanes of at least 4 members (excludes halogenated alkanes) is 4. The van der Waals surface area contributed by atoms with Crippen LogP contribution in [0.3, 0.4) is 0 Å². The Morgan fingerprint density at radius 1 is 1.06 bits per heavy atom. The number of piperidine rings is 1. The van der Waals surface area contributed by atoms with Gasteiger partial charge in [0.1, 0.15) is 12.2 Å². The number of alkyl halides is 1. The molecule has 182 valence electrons. The van der Waals surface area contributed by atoms with E-state index in [0.29, 0.717) is 25.1 Å². The van der Waals surface area contributed by atoms with Gasteiger partial charge < -0.3 is 10.6 Å². The summed E-state index contributed by atoms with van der Waals surface area (Å²) < 4.78 is 12.8. The Kier molecular flexibility index (Phi) is 7.23. The van der Waals surface area contributed by atoms with Gasteiger partial charge in [-0.15, -0.1) is 0 Å². The first-order valence-corrected chi connectivity index (χ1v) is 11.9. The minimum atomic E-state index is -0.984. The Labute approximate surface area is 196 Å². The topological polar surface area (TPSA) is 125 Å². The summed E-state index contributed by atoms with van der Waals surface area (Å²) in [6, 6.07) is 3.73. The first-order chi connectivity index (χ1) is 16.4. The van der Waals surface area contributed by atoms with E-state index in [0.717, 1.165) is 37.0 Å². The number of carbonyl (C=O) groups excluding carboxylic acids is 5. The summed E-state index contributed by atoms with van der Waals surface area (Å²) in [6.45, 7) is 0.608. The van der Waals surface area contributed by atoms with Gasteiger partial charge in [-0.05, 0) is 31.4 Å². The fraction of sp³-hybridized carbons (Fsp3) is 0.542. The van der Waals surface area contributed by atoms with Crippen LogP contribution in [0.15, 0.2) is 18.2 Å². The maximum atomic E-state index is 13.1. The largest absolute Gasteiger partial charge is 0.384 e. The van der Waals surface area contributed by atoms with Gasteiger partial charge in [-0.3, -0.25) is 34.2 Å². The zero-order valence-electron chi connectivity index (χ0n) is 18.9. The third-order valence-electron chi connectivity index (χ3n) is 6.42. The van der Waals surface area contributed by atoms with Gasteiger partial charge >= 0.3 is 0 Å². The number of hydrogen-bond donors (Lipinski definition) is 3. The Balaban J connectivity index is 1.21. The lowest BCUT2D eigenvalue weighted by molar-refractivity contribution is -0.136. The first kappa shape index (κ1) is 23.8. The number of imide groups is 2. The van der Waals surface area contributed by atoms with Crippen molar-refractivity contribution in [1.29, 1.82) is 0 Å². The van der Waals surface area contributed by atoms with Crippen molar-refractivity contribution in [2.75, 3.05) is 11.9 Å². The molecule has 0 bridgehead atoms. The van der Waals surface area contributed by atoms with E-state index in [2.05, 4.69) is 16.0 Å². The van der Waals surface area contributed by atoms with Crippen LogP contribution in [0.2, 0.25) is 0 Å². The summed E-state index contributed by atoms with van der Waals surface area (Å²) in [7, 11) is 0. The molecule has 0 spiro atoms. The molecular weight excluding hydrogens is 443 g/mol. The van der Waals surface area contributed by atoms with Crippen LogP contribution in [-0.4, -0.2) is 59.2 Å². The van der Waals surface area contributed by atoms with Gasteiger partial charge in [0, 0.05) is 31.5 Å². The molecule has 2 fully saturated rings. The predicted molar refractivity (Wildman–Crippen MR) is 121 cm³/mol. The van der Waals surface area contributed by atoms with Gasteiger partial charge in [0.15, 0.2) is 0 Å². The number of nitrogens with one attached hydrogen (secondary N) is 3. The van der Waals surface area contributed by atoms with Crippen LogP contribution in [0.25, 0.3) is 0 Å². The minimum Gasteiger partial charge on any atom is -0.384 e. The van der Waals surface area contributed by atoms with E-state index in [4.69, 9.17) is 0 Å². The molecule has 1 saturated heterocycles. The second kappa shape index (κ2) is 10.3. The summed E-state index contributed by atoms with van der Waals surface area (Å²) in [4.78, 5) is 62.1. The smallest absolute Gasteiger partial charge is 0.264 e.